The summed E-state index contributed by atoms with van der Waals surface area (Å²) in [6, 6.07) is 25.8. The van der Waals surface area contributed by atoms with Gasteiger partial charge in [0, 0.05) is 63.7 Å². The van der Waals surface area contributed by atoms with E-state index >= 15 is 0 Å². The fourth-order valence-corrected chi connectivity index (χ4v) is 7.59. The van der Waals surface area contributed by atoms with Crippen LogP contribution in [0, 0.1) is 12.8 Å². The molecular formula is C52H78F3N7O4. The van der Waals surface area contributed by atoms with E-state index < -0.39 is 11.9 Å². The van der Waals surface area contributed by atoms with Crippen LogP contribution < -0.4 is 30.7 Å². The predicted octanol–water partition coefficient (Wildman–Crippen LogP) is 9.98. The minimum absolute atomic E-state index is 0.0414. The largest absolute Gasteiger partial charge is 0.494 e. The van der Waals surface area contributed by atoms with Gasteiger partial charge in [0.1, 0.15) is 35.0 Å². The van der Waals surface area contributed by atoms with Crippen LogP contribution in [0.3, 0.4) is 0 Å². The molecule has 1 atom stereocenters. The number of piperidine rings is 1. The van der Waals surface area contributed by atoms with Crippen LogP contribution >= 0.6 is 0 Å². The van der Waals surface area contributed by atoms with Gasteiger partial charge in [-0.15, -0.1) is 0 Å². The van der Waals surface area contributed by atoms with Crippen LogP contribution in [0.15, 0.2) is 84.9 Å². The number of benzene rings is 3. The van der Waals surface area contributed by atoms with Gasteiger partial charge >= 0.3 is 6.18 Å². The number of hydrogen-bond acceptors (Lipinski definition) is 11. The second-order valence-corrected chi connectivity index (χ2v) is 16.2. The van der Waals surface area contributed by atoms with Crippen molar-refractivity contribution in [3.63, 3.8) is 0 Å². The standard InChI is InChI=1S/C19H26N2O2.C18H27N3O.C11H13F3N2O.2C2H6/c1-15-14-16(10-11-20)4-9-19(15)23-18-7-5-17(6-8-18)22-13-3-12-21-2;1-19-10-12-20(13-11-19)14-16-6-8-21(9-7-16)18-4-2-17(15-22)3-5-18;12-11(13,14)9-4-1-5-10(16-9)15-8-3-2-6-17-7-8;2*1-2/h4-9,14,21H,3,10-13,20H2,1-2H3;2-5,15-16H,6-14H2,1H3;1,4-5,8H,2-3,6-7H2,(H,15,16);2*1-2H3. The number of aryl methyl sites for hydroxylation is 1. The van der Waals surface area contributed by atoms with Crippen LogP contribution in [0.5, 0.6) is 17.2 Å². The first-order valence-corrected chi connectivity index (χ1v) is 24.0. The highest BCUT2D eigenvalue weighted by Crippen LogP contribution is 2.30. The lowest BCUT2D eigenvalue weighted by molar-refractivity contribution is -0.141. The van der Waals surface area contributed by atoms with Crippen LogP contribution in [0.2, 0.25) is 0 Å². The molecule has 11 nitrogen and oxygen atoms in total. The number of ether oxygens (including phenoxy) is 3. The number of carbonyl (C=O) groups is 1. The minimum atomic E-state index is -4.40. The number of alkyl halides is 3. The molecule has 4 heterocycles. The Morgan fingerprint density at radius 2 is 1.56 bits per heavy atom. The molecule has 366 valence electrons. The first kappa shape index (κ1) is 55.6. The number of nitrogens with two attached hydrogens (primary N) is 1. The van der Waals surface area contributed by atoms with Crippen molar-refractivity contribution >= 4 is 17.8 Å². The Bertz CT molecular complexity index is 1880. The molecule has 3 fully saturated rings. The number of nitrogens with one attached hydrogen (secondary N) is 2. The molecule has 0 bridgehead atoms. The molecule has 4 aromatic rings. The average Bonchev–Trinajstić information content (AvgIpc) is 3.35. The Labute approximate surface area is 393 Å². The van der Waals surface area contributed by atoms with E-state index in [9.17, 15) is 18.0 Å². The lowest BCUT2D eigenvalue weighted by Gasteiger charge is -2.38. The van der Waals surface area contributed by atoms with Crippen molar-refractivity contribution in [3.05, 3.63) is 107 Å². The maximum atomic E-state index is 12.4. The summed E-state index contributed by atoms with van der Waals surface area (Å²) in [5.74, 6) is 3.63. The number of nitrogens with zero attached hydrogens (tertiary/aromatic N) is 4. The number of hydrogen-bond donors (Lipinski definition) is 3. The van der Waals surface area contributed by atoms with E-state index in [-0.39, 0.29) is 11.9 Å². The molecule has 0 spiro atoms. The Balaban J connectivity index is 0.000000255. The number of aldehydes is 1. The lowest BCUT2D eigenvalue weighted by Crippen LogP contribution is -2.47. The normalized spacial score (nSPS) is 16.7. The summed E-state index contributed by atoms with van der Waals surface area (Å²) in [6.45, 7) is 22.0. The number of rotatable bonds is 15. The van der Waals surface area contributed by atoms with Gasteiger partial charge in [0.25, 0.3) is 0 Å². The molecule has 4 N–H and O–H groups in total. The number of pyridine rings is 1. The fraction of sp³-hybridized carbons (Fsp3) is 0.538. The summed E-state index contributed by atoms with van der Waals surface area (Å²) in [7, 11) is 4.16. The van der Waals surface area contributed by atoms with Gasteiger partial charge in [0.15, 0.2) is 0 Å². The maximum Gasteiger partial charge on any atom is 0.433 e. The summed E-state index contributed by atoms with van der Waals surface area (Å²) >= 11 is 0. The van der Waals surface area contributed by atoms with Crippen LogP contribution in [-0.4, -0.2) is 120 Å². The number of piperazine rings is 1. The highest BCUT2D eigenvalue weighted by molar-refractivity contribution is 5.75. The first-order valence-electron chi connectivity index (χ1n) is 24.0. The van der Waals surface area contributed by atoms with Crippen LogP contribution in [0.1, 0.15) is 87.0 Å². The molecular weight excluding hydrogens is 844 g/mol. The smallest absolute Gasteiger partial charge is 0.433 e. The fourth-order valence-electron chi connectivity index (χ4n) is 7.59. The van der Waals surface area contributed by atoms with Crippen LogP contribution in [-0.2, 0) is 17.3 Å². The second-order valence-electron chi connectivity index (χ2n) is 16.2. The van der Waals surface area contributed by atoms with Crippen molar-refractivity contribution in [1.82, 2.24) is 20.1 Å². The Morgan fingerprint density at radius 3 is 2.15 bits per heavy atom. The molecule has 1 unspecified atom stereocenters. The molecule has 3 aromatic carbocycles. The third kappa shape index (κ3) is 20.4. The zero-order valence-corrected chi connectivity index (χ0v) is 40.7. The van der Waals surface area contributed by atoms with Crippen molar-refractivity contribution in [3.8, 4) is 17.2 Å². The van der Waals surface area contributed by atoms with E-state index in [1.54, 1.807) is 0 Å². The molecule has 0 saturated carbocycles. The molecule has 14 heteroatoms. The monoisotopic (exact) mass is 922 g/mol. The average molecular weight is 922 g/mol. The van der Waals surface area contributed by atoms with E-state index in [0.717, 1.165) is 92.0 Å². The molecule has 0 radical (unpaired) electrons. The van der Waals surface area contributed by atoms with E-state index in [0.29, 0.717) is 26.4 Å². The molecule has 7 rings (SSSR count). The third-order valence-corrected chi connectivity index (χ3v) is 11.2. The first-order chi connectivity index (χ1) is 32.0. The van der Waals surface area contributed by atoms with E-state index in [2.05, 4.69) is 68.6 Å². The number of anilines is 2. The minimum Gasteiger partial charge on any atom is -0.494 e. The SMILES string of the molecule is CC.CC.CN1CCN(CC2CCN(c3ccc(C=O)cc3)CC2)CC1.CNCCCOc1ccc(Oc2ccc(CCN)cc2C)cc1.FC(F)(F)c1cccc(NC2CCCOC2)n1. The molecule has 3 saturated heterocycles. The zero-order valence-electron chi connectivity index (χ0n) is 40.7. The Hall–Kier alpha value is -4.73. The van der Waals surface area contributed by atoms with E-state index in [1.807, 2.05) is 77.2 Å². The number of likely N-dealkylation sites (N-methyl/N-ethyl adjacent to an activating group) is 1. The second kappa shape index (κ2) is 31.3. The van der Waals surface area contributed by atoms with Gasteiger partial charge in [-0.2, -0.15) is 13.2 Å². The third-order valence-electron chi connectivity index (χ3n) is 11.2. The van der Waals surface area contributed by atoms with Gasteiger partial charge < -0.3 is 45.3 Å². The van der Waals surface area contributed by atoms with Crippen molar-refractivity contribution in [1.29, 1.82) is 0 Å². The number of carbonyl (C=O) groups excluding carboxylic acids is 1. The van der Waals surface area contributed by atoms with Crippen LogP contribution in [0.4, 0.5) is 24.7 Å². The maximum absolute atomic E-state index is 12.4. The Kier molecular flexibility index (Phi) is 26.4. The number of halogens is 3. The lowest BCUT2D eigenvalue weighted by atomic mass is 9.95. The van der Waals surface area contributed by atoms with Crippen molar-refractivity contribution < 1.29 is 32.2 Å². The van der Waals surface area contributed by atoms with Crippen molar-refractivity contribution in [2.45, 2.75) is 85.4 Å². The van der Waals surface area contributed by atoms with E-state index in [4.69, 9.17) is 19.9 Å². The zero-order chi connectivity index (χ0) is 48.2. The summed E-state index contributed by atoms with van der Waals surface area (Å²) in [4.78, 5) is 21.8. The van der Waals surface area contributed by atoms with Crippen molar-refractivity contribution in [2.75, 3.05) is 103 Å². The highest BCUT2D eigenvalue weighted by atomic mass is 19.4. The van der Waals surface area contributed by atoms with E-state index in [1.165, 1.54) is 68.9 Å². The van der Waals surface area contributed by atoms with Gasteiger partial charge in [-0.05, 0) is 156 Å². The topological polar surface area (TPSA) is 117 Å². The molecule has 1 aromatic heterocycles. The predicted molar refractivity (Wildman–Crippen MR) is 265 cm³/mol. The Morgan fingerprint density at radius 1 is 0.879 bits per heavy atom. The van der Waals surface area contributed by atoms with Gasteiger partial charge in [-0.25, -0.2) is 4.98 Å². The van der Waals surface area contributed by atoms with Gasteiger partial charge in [0.05, 0.1) is 19.3 Å². The summed E-state index contributed by atoms with van der Waals surface area (Å²) in [6.07, 6.45) is 2.74. The summed E-state index contributed by atoms with van der Waals surface area (Å²) in [5, 5.41) is 6.06. The number of aromatic nitrogens is 1. The molecule has 0 aliphatic carbocycles. The van der Waals surface area contributed by atoms with Crippen LogP contribution in [0.25, 0.3) is 0 Å². The quantitative estimate of drug-likeness (QED) is 0.0782. The van der Waals surface area contributed by atoms with Crippen molar-refractivity contribution in [2.24, 2.45) is 11.7 Å². The molecule has 3 aliphatic rings. The molecule has 3 aliphatic heterocycles. The molecule has 0 amide bonds. The van der Waals surface area contributed by atoms with Gasteiger partial charge in [0.2, 0.25) is 0 Å². The van der Waals surface area contributed by atoms with Gasteiger partial charge in [-0.3, -0.25) is 4.79 Å². The molecule has 66 heavy (non-hydrogen) atoms. The highest BCUT2D eigenvalue weighted by Gasteiger charge is 2.32. The van der Waals surface area contributed by atoms with Gasteiger partial charge in [-0.1, -0.05) is 45.9 Å². The summed E-state index contributed by atoms with van der Waals surface area (Å²) < 4.78 is 54.1. The summed E-state index contributed by atoms with van der Waals surface area (Å²) in [5.41, 5.74) is 9.08.